The number of likely N-dealkylation sites (tertiary alicyclic amines) is 1. The number of ether oxygens (including phenoxy) is 1. The van der Waals surface area contributed by atoms with E-state index in [1.54, 1.807) is 18.7 Å². The van der Waals surface area contributed by atoms with Crippen LogP contribution in [0.5, 0.6) is 5.75 Å². The van der Waals surface area contributed by atoms with Crippen molar-refractivity contribution >= 4 is 0 Å². The summed E-state index contributed by atoms with van der Waals surface area (Å²) in [7, 11) is 0. The summed E-state index contributed by atoms with van der Waals surface area (Å²) in [5.41, 5.74) is 3.03. The van der Waals surface area contributed by atoms with E-state index in [-0.39, 0.29) is 6.10 Å². The molecule has 3 aromatic heterocycles. The van der Waals surface area contributed by atoms with E-state index in [9.17, 15) is 5.11 Å². The quantitative estimate of drug-likeness (QED) is 0.662. The first kappa shape index (κ1) is 20.2. The number of aliphatic hydroxyl groups excluding tert-OH is 1. The number of imidazole rings is 1. The van der Waals surface area contributed by atoms with Crippen molar-refractivity contribution in [2.75, 3.05) is 13.1 Å². The molecule has 7 heteroatoms. The lowest BCUT2D eigenvalue weighted by atomic mass is 9.78. The van der Waals surface area contributed by atoms with Gasteiger partial charge in [-0.05, 0) is 55.9 Å². The van der Waals surface area contributed by atoms with Crippen molar-refractivity contribution < 1.29 is 9.84 Å². The summed E-state index contributed by atoms with van der Waals surface area (Å²) in [5, 5.41) is 10.8. The van der Waals surface area contributed by atoms with Crippen molar-refractivity contribution in [3.8, 4) is 5.75 Å². The van der Waals surface area contributed by atoms with Crippen molar-refractivity contribution in [3.05, 3.63) is 72.3 Å². The van der Waals surface area contributed by atoms with Crippen LogP contribution in [0, 0.1) is 18.8 Å². The highest BCUT2D eigenvalue weighted by Crippen LogP contribution is 2.38. The molecular formula is C24H29N5O2. The average molecular weight is 420 g/mol. The molecular weight excluding hydrogens is 390 g/mol. The van der Waals surface area contributed by atoms with Crippen LogP contribution in [0.25, 0.3) is 0 Å². The molecule has 1 aliphatic heterocycles. The van der Waals surface area contributed by atoms with Gasteiger partial charge in [-0.2, -0.15) is 0 Å². The molecule has 1 saturated heterocycles. The monoisotopic (exact) mass is 419 g/mol. The van der Waals surface area contributed by atoms with Crippen LogP contribution in [-0.2, 0) is 13.1 Å². The van der Waals surface area contributed by atoms with Crippen molar-refractivity contribution in [3.63, 3.8) is 0 Å². The Morgan fingerprint density at radius 3 is 2.74 bits per heavy atom. The van der Waals surface area contributed by atoms with Crippen molar-refractivity contribution in [2.24, 2.45) is 11.8 Å². The van der Waals surface area contributed by atoms with E-state index in [0.29, 0.717) is 18.4 Å². The number of aromatic nitrogens is 4. The minimum Gasteiger partial charge on any atom is -0.486 e. The summed E-state index contributed by atoms with van der Waals surface area (Å²) in [6.45, 7) is 5.55. The Bertz CT molecular complexity index is 1010. The third-order valence-electron chi connectivity index (χ3n) is 6.51. The summed E-state index contributed by atoms with van der Waals surface area (Å²) in [6, 6.07) is 10.0. The van der Waals surface area contributed by atoms with E-state index in [1.807, 2.05) is 35.9 Å². The number of hydrogen-bond acceptors (Lipinski definition) is 6. The number of aliphatic hydroxyl groups is 1. The summed E-state index contributed by atoms with van der Waals surface area (Å²) in [5.74, 6) is 1.79. The molecule has 4 atom stereocenters. The maximum absolute atomic E-state index is 10.8. The molecule has 0 radical (unpaired) electrons. The normalized spacial score (nSPS) is 26.0. The van der Waals surface area contributed by atoms with Crippen LogP contribution in [0.1, 0.15) is 29.9 Å². The first-order chi connectivity index (χ1) is 15.1. The number of nitrogens with zero attached hydrogens (tertiary/aromatic N) is 5. The number of pyridine rings is 2. The predicted molar refractivity (Wildman–Crippen MR) is 116 cm³/mol. The standard InChI is InChI=1S/C24H29N5O2/c1-17-4-2-5-20(27-17)14-29-12-18-10-22(30)24(11-19(18)13-29)31-23-6-3-7-26-21(23)15-28-9-8-25-16-28/h2-9,16,18-19,22,24,30H,10-15H2,1H3/t18-,19+,22+,24+/m0/s1. The van der Waals surface area contributed by atoms with Gasteiger partial charge in [-0.3, -0.25) is 14.9 Å². The van der Waals surface area contributed by atoms with Crippen LogP contribution in [-0.4, -0.2) is 54.8 Å². The Hall–Kier alpha value is -2.77. The fraction of sp³-hybridized carbons (Fsp3) is 0.458. The predicted octanol–water partition coefficient (Wildman–Crippen LogP) is 2.68. The number of hydrogen-bond donors (Lipinski definition) is 1. The molecule has 0 amide bonds. The number of fused-ring (bicyclic) bond motifs is 1. The first-order valence-corrected chi connectivity index (χ1v) is 11.0. The zero-order valence-electron chi connectivity index (χ0n) is 17.8. The molecule has 5 rings (SSSR count). The fourth-order valence-electron chi connectivity index (χ4n) is 5.03. The zero-order valence-corrected chi connectivity index (χ0v) is 17.8. The first-order valence-electron chi connectivity index (χ1n) is 11.0. The molecule has 1 saturated carbocycles. The highest BCUT2D eigenvalue weighted by Gasteiger charge is 2.42. The summed E-state index contributed by atoms with van der Waals surface area (Å²) >= 11 is 0. The summed E-state index contributed by atoms with van der Waals surface area (Å²) < 4.78 is 8.32. The van der Waals surface area contributed by atoms with Crippen LogP contribution in [0.2, 0.25) is 0 Å². The van der Waals surface area contributed by atoms with Gasteiger partial charge in [-0.15, -0.1) is 0 Å². The van der Waals surface area contributed by atoms with Crippen LogP contribution >= 0.6 is 0 Å². The molecule has 2 aliphatic rings. The number of aryl methyl sites for hydroxylation is 1. The summed E-state index contributed by atoms with van der Waals surface area (Å²) in [4.78, 5) is 15.7. The van der Waals surface area contributed by atoms with E-state index < -0.39 is 6.10 Å². The lowest BCUT2D eigenvalue weighted by Gasteiger charge is -2.35. The van der Waals surface area contributed by atoms with Gasteiger partial charge >= 0.3 is 0 Å². The lowest BCUT2D eigenvalue weighted by Crippen LogP contribution is -2.42. The average Bonchev–Trinajstić information content (AvgIpc) is 3.39. The van der Waals surface area contributed by atoms with Gasteiger partial charge in [-0.1, -0.05) is 6.07 Å². The van der Waals surface area contributed by atoms with Gasteiger partial charge in [0.25, 0.3) is 0 Å². The van der Waals surface area contributed by atoms with Crippen molar-refractivity contribution in [1.29, 1.82) is 0 Å². The van der Waals surface area contributed by atoms with E-state index in [4.69, 9.17) is 4.74 Å². The zero-order chi connectivity index (χ0) is 21.2. The SMILES string of the molecule is Cc1cccc(CN2C[C@H]3C[C@@H](Oc4cccnc4Cn4ccnc4)[C@H](O)C[C@H]3C2)n1. The Balaban J connectivity index is 1.24. The van der Waals surface area contributed by atoms with Crippen LogP contribution in [0.15, 0.2) is 55.2 Å². The highest BCUT2D eigenvalue weighted by molar-refractivity contribution is 5.27. The van der Waals surface area contributed by atoms with Gasteiger partial charge in [0.1, 0.15) is 17.5 Å². The van der Waals surface area contributed by atoms with Crippen molar-refractivity contribution in [2.45, 2.75) is 45.1 Å². The maximum atomic E-state index is 10.8. The van der Waals surface area contributed by atoms with E-state index in [0.717, 1.165) is 55.3 Å². The summed E-state index contributed by atoms with van der Waals surface area (Å²) in [6.07, 6.45) is 8.20. The molecule has 31 heavy (non-hydrogen) atoms. The Morgan fingerprint density at radius 2 is 1.94 bits per heavy atom. The topological polar surface area (TPSA) is 76.3 Å². The van der Waals surface area contributed by atoms with E-state index >= 15 is 0 Å². The largest absolute Gasteiger partial charge is 0.486 e. The van der Waals surface area contributed by atoms with Gasteiger partial charge < -0.3 is 14.4 Å². The van der Waals surface area contributed by atoms with Crippen molar-refractivity contribution in [1.82, 2.24) is 24.4 Å². The van der Waals surface area contributed by atoms with Gasteiger partial charge in [0.2, 0.25) is 0 Å². The molecule has 162 valence electrons. The number of rotatable bonds is 6. The molecule has 0 bridgehead atoms. The van der Waals surface area contributed by atoms with Gasteiger partial charge in [0.15, 0.2) is 0 Å². The smallest absolute Gasteiger partial charge is 0.143 e. The van der Waals surface area contributed by atoms with Crippen LogP contribution in [0.4, 0.5) is 0 Å². The Kier molecular flexibility index (Phi) is 5.70. The third-order valence-corrected chi connectivity index (χ3v) is 6.51. The molecule has 3 aromatic rings. The molecule has 0 aromatic carbocycles. The molecule has 0 unspecified atom stereocenters. The molecule has 1 N–H and O–H groups in total. The van der Waals surface area contributed by atoms with E-state index in [2.05, 4.69) is 32.0 Å². The lowest BCUT2D eigenvalue weighted by molar-refractivity contribution is -0.0237. The second-order valence-electron chi connectivity index (χ2n) is 8.86. The fourth-order valence-corrected chi connectivity index (χ4v) is 5.03. The van der Waals surface area contributed by atoms with Gasteiger partial charge in [0.05, 0.1) is 24.7 Å². The Morgan fingerprint density at radius 1 is 1.06 bits per heavy atom. The molecule has 4 heterocycles. The van der Waals surface area contributed by atoms with Crippen LogP contribution in [0.3, 0.4) is 0 Å². The second kappa shape index (κ2) is 8.77. The molecule has 2 fully saturated rings. The minimum absolute atomic E-state index is 0.205. The van der Waals surface area contributed by atoms with Gasteiger partial charge in [0, 0.05) is 43.9 Å². The van der Waals surface area contributed by atoms with Gasteiger partial charge in [-0.25, -0.2) is 4.98 Å². The molecule has 7 nitrogen and oxygen atoms in total. The molecule has 1 aliphatic carbocycles. The van der Waals surface area contributed by atoms with Crippen LogP contribution < -0.4 is 4.74 Å². The second-order valence-corrected chi connectivity index (χ2v) is 8.86. The minimum atomic E-state index is -0.459. The highest BCUT2D eigenvalue weighted by atomic mass is 16.5. The Labute approximate surface area is 182 Å². The third kappa shape index (κ3) is 4.62. The van der Waals surface area contributed by atoms with E-state index in [1.165, 1.54) is 0 Å². The maximum Gasteiger partial charge on any atom is 0.143 e. The molecule has 0 spiro atoms.